The quantitative estimate of drug-likeness (QED) is 0.831. The highest BCUT2D eigenvalue weighted by molar-refractivity contribution is 5.97. The van der Waals surface area contributed by atoms with Crippen LogP contribution >= 0.6 is 0 Å². The van der Waals surface area contributed by atoms with E-state index < -0.39 is 11.6 Å². The molecule has 0 aliphatic rings. The molecule has 0 radical (unpaired) electrons. The van der Waals surface area contributed by atoms with Gasteiger partial charge in [0, 0.05) is 11.3 Å². The first-order chi connectivity index (χ1) is 10.9. The summed E-state index contributed by atoms with van der Waals surface area (Å²) in [5, 5.41) is 4.08. The molecule has 0 saturated carbocycles. The standard InChI is InChI=1S/C18H21N3O2/c1-18(2,3)21(17(23)19-15-12-8-5-9-13-15)20-16(22)14-10-6-4-7-11-14/h4-13H,1-3H3,(H,19,23)(H,20,22). The maximum atomic E-state index is 12.5. The molecule has 3 amide bonds. The summed E-state index contributed by atoms with van der Waals surface area (Å²) in [5.41, 5.74) is 3.26. The molecule has 23 heavy (non-hydrogen) atoms. The number of amides is 3. The van der Waals surface area contributed by atoms with E-state index in [4.69, 9.17) is 0 Å². The van der Waals surface area contributed by atoms with Gasteiger partial charge in [-0.15, -0.1) is 0 Å². The molecule has 5 heteroatoms. The minimum atomic E-state index is -0.580. The van der Waals surface area contributed by atoms with Gasteiger partial charge in [0.25, 0.3) is 5.91 Å². The molecular formula is C18H21N3O2. The van der Waals surface area contributed by atoms with Crippen molar-refractivity contribution in [2.24, 2.45) is 0 Å². The molecule has 0 saturated heterocycles. The summed E-state index contributed by atoms with van der Waals surface area (Å²) < 4.78 is 0. The van der Waals surface area contributed by atoms with E-state index >= 15 is 0 Å². The van der Waals surface area contributed by atoms with Gasteiger partial charge >= 0.3 is 6.03 Å². The Morgan fingerprint density at radius 3 is 1.91 bits per heavy atom. The molecule has 0 heterocycles. The second kappa shape index (κ2) is 6.96. The topological polar surface area (TPSA) is 61.4 Å². The van der Waals surface area contributed by atoms with Crippen LogP contribution in [0.5, 0.6) is 0 Å². The zero-order valence-corrected chi connectivity index (χ0v) is 13.5. The highest BCUT2D eigenvalue weighted by Crippen LogP contribution is 2.14. The number of hydrazine groups is 1. The summed E-state index contributed by atoms with van der Waals surface area (Å²) >= 11 is 0. The molecule has 0 atom stereocenters. The number of carbonyl (C=O) groups excluding carboxylic acids is 2. The molecule has 0 spiro atoms. The van der Waals surface area contributed by atoms with Gasteiger partial charge in [0.05, 0.1) is 5.54 Å². The van der Waals surface area contributed by atoms with E-state index in [1.807, 2.05) is 45.0 Å². The summed E-state index contributed by atoms with van der Waals surface area (Å²) in [4.78, 5) is 24.9. The monoisotopic (exact) mass is 311 g/mol. The van der Waals surface area contributed by atoms with Crippen LogP contribution in [0.4, 0.5) is 10.5 Å². The number of nitrogens with zero attached hydrogens (tertiary/aromatic N) is 1. The lowest BCUT2D eigenvalue weighted by Crippen LogP contribution is -2.57. The maximum absolute atomic E-state index is 12.5. The minimum Gasteiger partial charge on any atom is -0.306 e. The van der Waals surface area contributed by atoms with Gasteiger partial charge in [-0.3, -0.25) is 10.2 Å². The molecule has 0 aliphatic heterocycles. The first kappa shape index (κ1) is 16.5. The highest BCUT2D eigenvalue weighted by Gasteiger charge is 2.28. The smallest absolute Gasteiger partial charge is 0.306 e. The highest BCUT2D eigenvalue weighted by atomic mass is 16.2. The number of rotatable bonds is 2. The van der Waals surface area contributed by atoms with Crippen molar-refractivity contribution in [1.82, 2.24) is 10.4 Å². The molecule has 2 aromatic carbocycles. The van der Waals surface area contributed by atoms with Crippen LogP contribution in [0.1, 0.15) is 31.1 Å². The van der Waals surface area contributed by atoms with E-state index in [-0.39, 0.29) is 5.91 Å². The number of nitrogens with one attached hydrogen (secondary N) is 2. The second-order valence-corrected chi connectivity index (χ2v) is 6.11. The van der Waals surface area contributed by atoms with Gasteiger partial charge in [-0.05, 0) is 45.0 Å². The van der Waals surface area contributed by atoms with E-state index in [9.17, 15) is 9.59 Å². The third-order valence-corrected chi connectivity index (χ3v) is 3.15. The van der Waals surface area contributed by atoms with Gasteiger partial charge in [-0.2, -0.15) is 0 Å². The number of para-hydroxylation sites is 1. The molecular weight excluding hydrogens is 290 g/mol. The summed E-state index contributed by atoms with van der Waals surface area (Å²) in [6.07, 6.45) is 0. The van der Waals surface area contributed by atoms with E-state index in [2.05, 4.69) is 10.7 Å². The largest absolute Gasteiger partial charge is 0.341 e. The molecule has 0 fully saturated rings. The first-order valence-electron chi connectivity index (χ1n) is 7.40. The van der Waals surface area contributed by atoms with Gasteiger partial charge < -0.3 is 5.32 Å². The van der Waals surface area contributed by atoms with Crippen LogP contribution in [0.15, 0.2) is 60.7 Å². The average molecular weight is 311 g/mol. The molecule has 0 unspecified atom stereocenters. The fourth-order valence-electron chi connectivity index (χ4n) is 1.98. The Morgan fingerprint density at radius 2 is 1.39 bits per heavy atom. The Hall–Kier alpha value is -2.82. The molecule has 0 aliphatic carbocycles. The van der Waals surface area contributed by atoms with Gasteiger partial charge in [-0.1, -0.05) is 36.4 Å². The van der Waals surface area contributed by atoms with Crippen molar-refractivity contribution in [2.75, 3.05) is 5.32 Å². The second-order valence-electron chi connectivity index (χ2n) is 6.11. The average Bonchev–Trinajstić information content (AvgIpc) is 2.53. The van der Waals surface area contributed by atoms with Crippen molar-refractivity contribution < 1.29 is 9.59 Å². The summed E-state index contributed by atoms with van der Waals surface area (Å²) in [5.74, 6) is -0.330. The van der Waals surface area contributed by atoms with Crippen molar-refractivity contribution in [2.45, 2.75) is 26.3 Å². The van der Waals surface area contributed by atoms with E-state index in [0.717, 1.165) is 0 Å². The molecule has 2 aromatic rings. The van der Waals surface area contributed by atoms with E-state index in [0.29, 0.717) is 11.3 Å². The fraction of sp³-hybridized carbons (Fsp3) is 0.222. The van der Waals surface area contributed by atoms with Crippen molar-refractivity contribution in [3.8, 4) is 0 Å². The Labute approximate surface area is 136 Å². The van der Waals surface area contributed by atoms with Crippen LogP contribution in [-0.4, -0.2) is 22.5 Å². The maximum Gasteiger partial charge on any atom is 0.341 e. The zero-order valence-electron chi connectivity index (χ0n) is 13.5. The van der Waals surface area contributed by atoms with Crippen molar-refractivity contribution in [3.63, 3.8) is 0 Å². The van der Waals surface area contributed by atoms with Crippen LogP contribution in [0.25, 0.3) is 0 Å². The van der Waals surface area contributed by atoms with E-state index in [1.165, 1.54) is 5.01 Å². The normalized spacial score (nSPS) is 10.7. The lowest BCUT2D eigenvalue weighted by Gasteiger charge is -2.35. The van der Waals surface area contributed by atoms with Gasteiger partial charge in [0.15, 0.2) is 0 Å². The summed E-state index contributed by atoms with van der Waals surface area (Å²) in [6.45, 7) is 5.55. The minimum absolute atomic E-state index is 0.330. The number of carbonyl (C=O) groups is 2. The van der Waals surface area contributed by atoms with Crippen LogP contribution in [0, 0.1) is 0 Å². The number of anilines is 1. The Kier molecular flexibility index (Phi) is 5.01. The number of hydrogen-bond donors (Lipinski definition) is 2. The first-order valence-corrected chi connectivity index (χ1v) is 7.40. The van der Waals surface area contributed by atoms with Crippen LogP contribution in [0.3, 0.4) is 0 Å². The summed E-state index contributed by atoms with van der Waals surface area (Å²) in [7, 11) is 0. The van der Waals surface area contributed by atoms with Gasteiger partial charge in [-0.25, -0.2) is 9.80 Å². The lowest BCUT2D eigenvalue weighted by atomic mass is 10.1. The number of hydrogen-bond acceptors (Lipinski definition) is 2. The summed E-state index contributed by atoms with van der Waals surface area (Å²) in [6, 6.07) is 17.5. The number of urea groups is 1. The molecule has 0 bridgehead atoms. The third kappa shape index (κ3) is 4.57. The molecule has 0 aromatic heterocycles. The van der Waals surface area contributed by atoms with Crippen molar-refractivity contribution in [3.05, 3.63) is 66.2 Å². The van der Waals surface area contributed by atoms with Gasteiger partial charge in [0.1, 0.15) is 0 Å². The number of benzene rings is 2. The predicted octanol–water partition coefficient (Wildman–Crippen LogP) is 3.66. The predicted molar refractivity (Wildman–Crippen MR) is 91.0 cm³/mol. The van der Waals surface area contributed by atoms with Crippen LogP contribution in [0.2, 0.25) is 0 Å². The fourth-order valence-corrected chi connectivity index (χ4v) is 1.98. The molecule has 2 rings (SSSR count). The molecule has 2 N–H and O–H groups in total. The Balaban J connectivity index is 2.14. The van der Waals surface area contributed by atoms with Crippen LogP contribution < -0.4 is 10.7 Å². The van der Waals surface area contributed by atoms with Crippen molar-refractivity contribution in [1.29, 1.82) is 0 Å². The van der Waals surface area contributed by atoms with Gasteiger partial charge in [0.2, 0.25) is 0 Å². The zero-order chi connectivity index (χ0) is 16.9. The lowest BCUT2D eigenvalue weighted by molar-refractivity contribution is 0.0687. The van der Waals surface area contributed by atoms with Crippen LogP contribution in [-0.2, 0) is 0 Å². The molecule has 5 nitrogen and oxygen atoms in total. The SMILES string of the molecule is CC(C)(C)N(NC(=O)c1ccccc1)C(=O)Nc1ccccc1. The van der Waals surface area contributed by atoms with Crippen molar-refractivity contribution >= 4 is 17.6 Å². The molecule has 120 valence electrons. The van der Waals surface area contributed by atoms with E-state index in [1.54, 1.807) is 36.4 Å². The Morgan fingerprint density at radius 1 is 0.870 bits per heavy atom. The third-order valence-electron chi connectivity index (χ3n) is 3.15. The Bertz CT molecular complexity index is 664.